The summed E-state index contributed by atoms with van der Waals surface area (Å²) < 4.78 is 48.2. The summed E-state index contributed by atoms with van der Waals surface area (Å²) in [5, 5.41) is 1.67. The van der Waals surface area contributed by atoms with E-state index in [0.29, 0.717) is 26.8 Å². The van der Waals surface area contributed by atoms with Gasteiger partial charge in [0.25, 0.3) is 14.7 Å². The summed E-state index contributed by atoms with van der Waals surface area (Å²) in [6.45, 7) is 0. The molecular formula is C34H30O6P2. The molecular weight excluding hydrogens is 566 g/mol. The lowest BCUT2D eigenvalue weighted by Crippen LogP contribution is -2.36. The van der Waals surface area contributed by atoms with Crippen LogP contribution in [0.5, 0.6) is 0 Å². The maximum absolute atomic E-state index is 15.0. The van der Waals surface area contributed by atoms with Crippen molar-refractivity contribution in [1.29, 1.82) is 0 Å². The van der Waals surface area contributed by atoms with Crippen molar-refractivity contribution >= 4 is 41.9 Å². The molecule has 0 saturated heterocycles. The summed E-state index contributed by atoms with van der Waals surface area (Å²) in [4.78, 5) is 13.6. The molecule has 2 atom stereocenters. The summed E-state index contributed by atoms with van der Waals surface area (Å²) in [5.41, 5.74) is 0.507. The van der Waals surface area contributed by atoms with Gasteiger partial charge in [0.15, 0.2) is 6.10 Å². The Hall–Kier alpha value is -4.05. The lowest BCUT2D eigenvalue weighted by molar-refractivity contribution is -0.153. The fourth-order valence-corrected chi connectivity index (χ4v) is 9.04. The number of rotatable bonds is 11. The van der Waals surface area contributed by atoms with Crippen molar-refractivity contribution in [2.75, 3.05) is 7.11 Å². The van der Waals surface area contributed by atoms with Gasteiger partial charge >= 0.3 is 5.97 Å². The van der Waals surface area contributed by atoms with E-state index in [2.05, 4.69) is 0 Å². The van der Waals surface area contributed by atoms with Gasteiger partial charge in [0, 0.05) is 21.2 Å². The van der Waals surface area contributed by atoms with E-state index in [4.69, 9.17) is 13.8 Å². The highest BCUT2D eigenvalue weighted by Gasteiger charge is 2.44. The molecule has 0 spiro atoms. The van der Waals surface area contributed by atoms with Crippen molar-refractivity contribution < 1.29 is 27.7 Å². The summed E-state index contributed by atoms with van der Waals surface area (Å²) >= 11 is 0. The molecule has 0 saturated carbocycles. The normalized spacial score (nSPS) is 13.2. The summed E-state index contributed by atoms with van der Waals surface area (Å²) in [6.07, 6.45) is -2.81. The van der Waals surface area contributed by atoms with Gasteiger partial charge in [0.05, 0.1) is 7.11 Å². The Kier molecular flexibility index (Phi) is 9.31. The summed E-state index contributed by atoms with van der Waals surface area (Å²) in [7, 11) is -6.51. The number of hydrogen-bond donors (Lipinski definition) is 0. The van der Waals surface area contributed by atoms with Crippen molar-refractivity contribution in [3.8, 4) is 0 Å². The Morgan fingerprint density at radius 2 is 0.810 bits per heavy atom. The molecule has 5 aromatic rings. The van der Waals surface area contributed by atoms with E-state index in [0.717, 1.165) is 0 Å². The Bertz CT molecular complexity index is 1590. The molecule has 0 radical (unpaired) electrons. The minimum atomic E-state index is -3.90. The van der Waals surface area contributed by atoms with Crippen LogP contribution in [0.1, 0.15) is 11.7 Å². The molecule has 0 fully saturated rings. The van der Waals surface area contributed by atoms with Crippen LogP contribution < -0.4 is 21.2 Å². The zero-order valence-electron chi connectivity index (χ0n) is 22.9. The molecule has 6 nitrogen and oxygen atoms in total. The third kappa shape index (κ3) is 6.23. The number of methoxy groups -OCH3 is 1. The van der Waals surface area contributed by atoms with Crippen LogP contribution in [0.2, 0.25) is 0 Å². The van der Waals surface area contributed by atoms with Gasteiger partial charge < -0.3 is 13.8 Å². The highest BCUT2D eigenvalue weighted by atomic mass is 31.2. The number of carbonyl (C=O) groups excluding carboxylic acids is 1. The molecule has 42 heavy (non-hydrogen) atoms. The maximum atomic E-state index is 15.0. The van der Waals surface area contributed by atoms with Gasteiger partial charge in [-0.2, -0.15) is 0 Å². The van der Waals surface area contributed by atoms with Gasteiger partial charge in [-0.3, -0.25) is 9.13 Å². The molecule has 5 rings (SSSR count). The highest BCUT2D eigenvalue weighted by Crippen LogP contribution is 2.53. The van der Waals surface area contributed by atoms with E-state index in [-0.39, 0.29) is 0 Å². The molecule has 0 N–H and O–H groups in total. The number of hydrogen-bond acceptors (Lipinski definition) is 6. The molecule has 0 heterocycles. The molecule has 0 unspecified atom stereocenters. The average molecular weight is 597 g/mol. The first kappa shape index (κ1) is 29.4. The SMILES string of the molecule is COC(=O)[C@@H](OP(=O)(c1ccccc1)c1ccccc1)[C@H](OP(=O)(c1ccccc1)c1ccccc1)c1ccccc1. The van der Waals surface area contributed by atoms with Gasteiger partial charge in [0.1, 0.15) is 6.10 Å². The topological polar surface area (TPSA) is 78.9 Å². The predicted octanol–water partition coefficient (Wildman–Crippen LogP) is 6.16. The highest BCUT2D eigenvalue weighted by molar-refractivity contribution is 7.74. The Labute approximate surface area is 245 Å². The molecule has 0 amide bonds. The van der Waals surface area contributed by atoms with Crippen molar-refractivity contribution in [3.63, 3.8) is 0 Å². The van der Waals surface area contributed by atoms with Crippen LogP contribution in [-0.2, 0) is 27.7 Å². The van der Waals surface area contributed by atoms with Gasteiger partial charge in [-0.05, 0) is 54.1 Å². The van der Waals surface area contributed by atoms with Crippen molar-refractivity contribution in [2.45, 2.75) is 12.2 Å². The van der Waals surface area contributed by atoms with Crippen molar-refractivity contribution in [1.82, 2.24) is 0 Å². The van der Waals surface area contributed by atoms with Crippen molar-refractivity contribution in [2.24, 2.45) is 0 Å². The molecule has 0 aromatic heterocycles. The van der Waals surface area contributed by atoms with E-state index in [1.165, 1.54) is 7.11 Å². The monoisotopic (exact) mass is 596 g/mol. The first-order valence-electron chi connectivity index (χ1n) is 13.4. The van der Waals surface area contributed by atoms with Crippen molar-refractivity contribution in [3.05, 3.63) is 157 Å². The second-order valence-electron chi connectivity index (χ2n) is 9.43. The first-order chi connectivity index (χ1) is 20.5. The summed E-state index contributed by atoms with van der Waals surface area (Å²) in [5.74, 6) is -0.816. The number of esters is 1. The molecule has 0 aliphatic heterocycles. The third-order valence-electron chi connectivity index (χ3n) is 6.75. The molecule has 5 aromatic carbocycles. The third-order valence-corrected chi connectivity index (χ3v) is 11.7. The molecule has 8 heteroatoms. The fourth-order valence-electron chi connectivity index (χ4n) is 4.63. The van der Waals surface area contributed by atoms with E-state index < -0.39 is 32.9 Å². The van der Waals surface area contributed by atoms with Crippen LogP contribution in [0.3, 0.4) is 0 Å². The van der Waals surface area contributed by atoms with E-state index in [9.17, 15) is 9.36 Å². The van der Waals surface area contributed by atoms with Crippen LogP contribution >= 0.6 is 14.7 Å². The lowest BCUT2D eigenvalue weighted by Gasteiger charge is -2.32. The molecule has 0 aliphatic rings. The predicted molar refractivity (Wildman–Crippen MR) is 167 cm³/mol. The van der Waals surface area contributed by atoms with Gasteiger partial charge in [0.2, 0.25) is 0 Å². The minimum Gasteiger partial charge on any atom is -0.467 e. The molecule has 0 aliphatic carbocycles. The quantitative estimate of drug-likeness (QED) is 0.134. The largest absolute Gasteiger partial charge is 0.467 e. The smallest absolute Gasteiger partial charge is 0.338 e. The molecule has 0 bridgehead atoms. The first-order valence-corrected chi connectivity index (χ1v) is 16.6. The Balaban J connectivity index is 1.69. The van der Waals surface area contributed by atoms with Crippen LogP contribution in [0.25, 0.3) is 0 Å². The second kappa shape index (κ2) is 13.3. The molecule has 212 valence electrons. The summed E-state index contributed by atoms with van der Waals surface area (Å²) in [6, 6.07) is 44.0. The van der Waals surface area contributed by atoms with Gasteiger partial charge in [-0.1, -0.05) is 103 Å². The Morgan fingerprint density at radius 1 is 0.500 bits per heavy atom. The number of carbonyl (C=O) groups is 1. The van der Waals surface area contributed by atoms with E-state index >= 15 is 4.57 Å². The second-order valence-corrected chi connectivity index (χ2v) is 14.1. The minimum absolute atomic E-state index is 0.395. The zero-order chi connectivity index (χ0) is 29.4. The Morgan fingerprint density at radius 3 is 1.14 bits per heavy atom. The van der Waals surface area contributed by atoms with Crippen LogP contribution in [-0.4, -0.2) is 19.2 Å². The zero-order valence-corrected chi connectivity index (χ0v) is 24.7. The standard InChI is InChI=1S/C34H30O6P2/c1-38-34(35)33(40-42(37,30-23-13-5-14-24-30)31-25-15-6-16-26-31)32(27-17-7-2-8-18-27)39-41(36,28-19-9-3-10-20-28)29-21-11-4-12-22-29/h2-26,32-33H,1H3/t32-,33+/m1/s1. The van der Waals surface area contributed by atoms with Gasteiger partial charge in [-0.25, -0.2) is 4.79 Å². The van der Waals surface area contributed by atoms with Crippen LogP contribution in [0.4, 0.5) is 0 Å². The van der Waals surface area contributed by atoms with Crippen LogP contribution in [0, 0.1) is 0 Å². The van der Waals surface area contributed by atoms with Gasteiger partial charge in [-0.15, -0.1) is 0 Å². The van der Waals surface area contributed by atoms with E-state index in [1.807, 2.05) is 30.3 Å². The average Bonchev–Trinajstić information content (AvgIpc) is 3.07. The fraction of sp³-hybridized carbons (Fsp3) is 0.0882. The van der Waals surface area contributed by atoms with E-state index in [1.54, 1.807) is 121 Å². The van der Waals surface area contributed by atoms with Crippen LogP contribution in [0.15, 0.2) is 152 Å². The maximum Gasteiger partial charge on any atom is 0.338 e. The number of ether oxygens (including phenoxy) is 1. The lowest BCUT2D eigenvalue weighted by atomic mass is 10.0. The number of benzene rings is 5.